The highest BCUT2D eigenvalue weighted by Crippen LogP contribution is 2.37. The summed E-state index contributed by atoms with van der Waals surface area (Å²) in [5.74, 6) is 2.36. The molecule has 0 spiro atoms. The SMILES string of the molecule is C#CC(C)(C)Nc1ccc([N+](=O)[O-])c(C(F)(F)F)c1. The molecule has 0 radical (unpaired) electrons. The van der Waals surface area contributed by atoms with Crippen molar-refractivity contribution in [3.05, 3.63) is 33.9 Å². The molecule has 1 rings (SSSR count). The number of halogens is 3. The van der Waals surface area contributed by atoms with Gasteiger partial charge in [0.05, 0.1) is 10.5 Å². The second-order valence-corrected chi connectivity index (χ2v) is 4.38. The summed E-state index contributed by atoms with van der Waals surface area (Å²) in [7, 11) is 0. The molecule has 1 aromatic carbocycles. The van der Waals surface area contributed by atoms with Crippen molar-refractivity contribution < 1.29 is 18.1 Å². The van der Waals surface area contributed by atoms with Crippen LogP contribution in [0.25, 0.3) is 0 Å². The van der Waals surface area contributed by atoms with E-state index in [2.05, 4.69) is 11.2 Å². The van der Waals surface area contributed by atoms with Crippen LogP contribution in [0.5, 0.6) is 0 Å². The number of rotatable bonds is 3. The van der Waals surface area contributed by atoms with Crippen molar-refractivity contribution >= 4 is 11.4 Å². The zero-order valence-corrected chi connectivity index (χ0v) is 10.2. The van der Waals surface area contributed by atoms with Gasteiger partial charge in [-0.15, -0.1) is 6.42 Å². The lowest BCUT2D eigenvalue weighted by Crippen LogP contribution is -2.28. The molecule has 0 unspecified atom stereocenters. The molecule has 4 nitrogen and oxygen atoms in total. The fourth-order valence-electron chi connectivity index (χ4n) is 1.40. The molecule has 0 bridgehead atoms. The number of nitro groups is 1. The zero-order chi connectivity index (χ0) is 14.8. The van der Waals surface area contributed by atoms with E-state index in [4.69, 9.17) is 6.42 Å². The predicted octanol–water partition coefficient (Wildman–Crippen LogP) is 3.44. The van der Waals surface area contributed by atoms with E-state index in [9.17, 15) is 23.3 Å². The number of alkyl halides is 3. The number of nitro benzene ring substituents is 1. The average Bonchev–Trinajstić information content (AvgIpc) is 2.27. The standard InChI is InChI=1S/C12H11F3N2O2/c1-4-11(2,3)16-8-5-6-10(17(18)19)9(7-8)12(13,14)15/h1,5-7,16H,2-3H3. The molecule has 19 heavy (non-hydrogen) atoms. The molecule has 0 aliphatic heterocycles. The minimum atomic E-state index is -4.81. The van der Waals surface area contributed by atoms with Crippen LogP contribution in [0.2, 0.25) is 0 Å². The summed E-state index contributed by atoms with van der Waals surface area (Å²) in [6.07, 6.45) is 0.408. The van der Waals surface area contributed by atoms with Gasteiger partial charge in [-0.3, -0.25) is 10.1 Å². The number of benzene rings is 1. The summed E-state index contributed by atoms with van der Waals surface area (Å²) in [5, 5.41) is 13.3. The van der Waals surface area contributed by atoms with Gasteiger partial charge in [0.25, 0.3) is 5.69 Å². The molecular formula is C12H11F3N2O2. The molecule has 0 saturated heterocycles. The molecule has 7 heteroatoms. The first-order valence-electron chi connectivity index (χ1n) is 5.18. The molecule has 0 heterocycles. The maximum Gasteiger partial charge on any atom is 0.423 e. The van der Waals surface area contributed by atoms with Crippen molar-refractivity contribution in [3.63, 3.8) is 0 Å². The van der Waals surface area contributed by atoms with E-state index < -0.39 is 27.9 Å². The van der Waals surface area contributed by atoms with Crippen LogP contribution in [0, 0.1) is 22.5 Å². The van der Waals surface area contributed by atoms with Crippen molar-refractivity contribution in [2.45, 2.75) is 25.6 Å². The Morgan fingerprint density at radius 3 is 2.37 bits per heavy atom. The van der Waals surface area contributed by atoms with Gasteiger partial charge in [0, 0.05) is 11.8 Å². The number of nitrogens with one attached hydrogen (secondary N) is 1. The fraction of sp³-hybridized carbons (Fsp3) is 0.333. The van der Waals surface area contributed by atoms with Crippen molar-refractivity contribution in [2.24, 2.45) is 0 Å². The summed E-state index contributed by atoms with van der Waals surface area (Å²) < 4.78 is 38.2. The van der Waals surface area contributed by atoms with Gasteiger partial charge in [0.1, 0.15) is 5.56 Å². The van der Waals surface area contributed by atoms with Gasteiger partial charge >= 0.3 is 6.18 Å². The quantitative estimate of drug-likeness (QED) is 0.521. The third-order valence-corrected chi connectivity index (χ3v) is 2.32. The van der Waals surface area contributed by atoms with Crippen LogP contribution in [0.3, 0.4) is 0 Å². The fourth-order valence-corrected chi connectivity index (χ4v) is 1.40. The van der Waals surface area contributed by atoms with E-state index in [1.807, 2.05) is 0 Å². The zero-order valence-electron chi connectivity index (χ0n) is 10.2. The van der Waals surface area contributed by atoms with Crippen molar-refractivity contribution in [2.75, 3.05) is 5.32 Å². The largest absolute Gasteiger partial charge is 0.423 e. The smallest absolute Gasteiger partial charge is 0.370 e. The minimum absolute atomic E-state index is 0.0703. The molecule has 0 aliphatic carbocycles. The molecule has 0 aromatic heterocycles. The van der Waals surface area contributed by atoms with E-state index in [1.165, 1.54) is 6.07 Å². The first-order chi connectivity index (χ1) is 8.57. The van der Waals surface area contributed by atoms with E-state index in [0.29, 0.717) is 6.07 Å². The van der Waals surface area contributed by atoms with Crippen LogP contribution in [0.15, 0.2) is 18.2 Å². The van der Waals surface area contributed by atoms with Crippen LogP contribution in [0.1, 0.15) is 19.4 Å². The highest BCUT2D eigenvalue weighted by Gasteiger charge is 2.38. The van der Waals surface area contributed by atoms with Crippen LogP contribution in [-0.2, 0) is 6.18 Å². The predicted molar refractivity (Wildman–Crippen MR) is 64.6 cm³/mol. The third-order valence-electron chi connectivity index (χ3n) is 2.32. The maximum atomic E-state index is 12.7. The van der Waals surface area contributed by atoms with Crippen molar-refractivity contribution in [3.8, 4) is 12.3 Å². The Morgan fingerprint density at radius 1 is 1.37 bits per heavy atom. The normalized spacial score (nSPS) is 11.8. The first-order valence-corrected chi connectivity index (χ1v) is 5.18. The average molecular weight is 272 g/mol. The number of nitrogens with zero attached hydrogens (tertiary/aromatic N) is 1. The lowest BCUT2D eigenvalue weighted by molar-refractivity contribution is -0.388. The third kappa shape index (κ3) is 3.61. The van der Waals surface area contributed by atoms with Gasteiger partial charge in [0.2, 0.25) is 0 Å². The molecule has 0 saturated carbocycles. The Kier molecular flexibility index (Phi) is 3.75. The van der Waals surface area contributed by atoms with Crippen molar-refractivity contribution in [1.29, 1.82) is 0 Å². The first kappa shape index (κ1) is 14.8. The molecule has 0 aliphatic rings. The number of anilines is 1. The summed E-state index contributed by atoms with van der Waals surface area (Å²) in [6.45, 7) is 3.20. The Morgan fingerprint density at radius 2 is 1.95 bits per heavy atom. The molecule has 0 atom stereocenters. The van der Waals surface area contributed by atoms with E-state index in [-0.39, 0.29) is 5.69 Å². The van der Waals surface area contributed by atoms with Gasteiger partial charge in [-0.25, -0.2) is 0 Å². The minimum Gasteiger partial charge on any atom is -0.370 e. The second kappa shape index (κ2) is 4.80. The van der Waals surface area contributed by atoms with Crippen LogP contribution < -0.4 is 5.32 Å². The summed E-state index contributed by atoms with van der Waals surface area (Å²) >= 11 is 0. The summed E-state index contributed by atoms with van der Waals surface area (Å²) in [5.41, 5.74) is -3.09. The van der Waals surface area contributed by atoms with Crippen LogP contribution >= 0.6 is 0 Å². The molecule has 0 fully saturated rings. The molecule has 1 aromatic rings. The Hall–Kier alpha value is -2.23. The molecule has 0 amide bonds. The van der Waals surface area contributed by atoms with Crippen molar-refractivity contribution in [1.82, 2.24) is 0 Å². The van der Waals surface area contributed by atoms with Gasteiger partial charge in [-0.05, 0) is 26.0 Å². The highest BCUT2D eigenvalue weighted by atomic mass is 19.4. The monoisotopic (exact) mass is 272 g/mol. The number of hydrogen-bond acceptors (Lipinski definition) is 3. The Balaban J connectivity index is 3.28. The van der Waals surface area contributed by atoms with Gasteiger partial charge in [0.15, 0.2) is 0 Å². The molecular weight excluding hydrogens is 261 g/mol. The van der Waals surface area contributed by atoms with Gasteiger partial charge in [-0.2, -0.15) is 13.2 Å². The number of hydrogen-bond donors (Lipinski definition) is 1. The van der Waals surface area contributed by atoms with Crippen LogP contribution in [0.4, 0.5) is 24.5 Å². The van der Waals surface area contributed by atoms with E-state index >= 15 is 0 Å². The second-order valence-electron chi connectivity index (χ2n) is 4.38. The Bertz CT molecular complexity index is 545. The van der Waals surface area contributed by atoms with E-state index in [1.54, 1.807) is 13.8 Å². The lowest BCUT2D eigenvalue weighted by atomic mass is 10.1. The van der Waals surface area contributed by atoms with Gasteiger partial charge < -0.3 is 5.32 Å². The van der Waals surface area contributed by atoms with Crippen LogP contribution in [-0.4, -0.2) is 10.5 Å². The lowest BCUT2D eigenvalue weighted by Gasteiger charge is -2.21. The maximum absolute atomic E-state index is 12.7. The highest BCUT2D eigenvalue weighted by molar-refractivity contribution is 5.57. The summed E-state index contributed by atoms with van der Waals surface area (Å²) in [4.78, 5) is 9.50. The molecule has 1 N–H and O–H groups in total. The van der Waals surface area contributed by atoms with E-state index in [0.717, 1.165) is 6.07 Å². The molecule has 102 valence electrons. The van der Waals surface area contributed by atoms with Gasteiger partial charge in [-0.1, -0.05) is 5.92 Å². The Labute approximate surface area is 107 Å². The number of terminal acetylenes is 1. The summed E-state index contributed by atoms with van der Waals surface area (Å²) in [6, 6.07) is 2.67. The topological polar surface area (TPSA) is 55.2 Å².